The van der Waals surface area contributed by atoms with Crippen molar-refractivity contribution in [2.75, 3.05) is 42.5 Å². The molecular formula is C30H35N5O2. The molecule has 0 saturated carbocycles. The molecule has 0 atom stereocenters. The molecule has 37 heavy (non-hydrogen) atoms. The Balaban J connectivity index is 1.30. The zero-order valence-corrected chi connectivity index (χ0v) is 21.6. The summed E-state index contributed by atoms with van der Waals surface area (Å²) in [5, 5.41) is 7.90. The molecule has 0 unspecified atom stereocenters. The van der Waals surface area contributed by atoms with Gasteiger partial charge in [0.1, 0.15) is 5.54 Å². The van der Waals surface area contributed by atoms with Gasteiger partial charge in [0.25, 0.3) is 5.91 Å². The van der Waals surface area contributed by atoms with Crippen LogP contribution in [0, 0.1) is 17.8 Å². The van der Waals surface area contributed by atoms with E-state index in [4.69, 9.17) is 11.8 Å². The summed E-state index contributed by atoms with van der Waals surface area (Å²) in [6.07, 6.45) is 9.64. The monoisotopic (exact) mass is 497 g/mol. The summed E-state index contributed by atoms with van der Waals surface area (Å²) in [6, 6.07) is 15.6. The Kier molecular flexibility index (Phi) is 7.03. The van der Waals surface area contributed by atoms with Crippen molar-refractivity contribution in [2.45, 2.75) is 51.1 Å². The lowest BCUT2D eigenvalue weighted by molar-refractivity contribution is -0.127. The molecule has 3 heterocycles. The van der Waals surface area contributed by atoms with Crippen LogP contribution in [-0.4, -0.2) is 65.7 Å². The average molecular weight is 498 g/mol. The number of benzene rings is 2. The highest BCUT2D eigenvalue weighted by Crippen LogP contribution is 2.40. The maximum Gasteiger partial charge on any atom is 0.332 e. The van der Waals surface area contributed by atoms with Crippen LogP contribution in [0.4, 0.5) is 16.2 Å². The molecule has 1 N–H and O–H groups in total. The van der Waals surface area contributed by atoms with Crippen molar-refractivity contribution in [3.63, 3.8) is 0 Å². The first-order chi connectivity index (χ1) is 17.9. The third-order valence-corrected chi connectivity index (χ3v) is 8.04. The van der Waals surface area contributed by atoms with E-state index in [1.165, 1.54) is 29.0 Å². The van der Waals surface area contributed by atoms with Gasteiger partial charge in [0, 0.05) is 62.7 Å². The highest BCUT2D eigenvalue weighted by atomic mass is 16.2. The van der Waals surface area contributed by atoms with Gasteiger partial charge < -0.3 is 15.2 Å². The van der Waals surface area contributed by atoms with Crippen LogP contribution in [-0.2, 0) is 11.3 Å². The van der Waals surface area contributed by atoms with Crippen molar-refractivity contribution in [3.05, 3.63) is 59.7 Å². The van der Waals surface area contributed by atoms with Gasteiger partial charge in [-0.05, 0) is 74.6 Å². The van der Waals surface area contributed by atoms with Gasteiger partial charge in [-0.25, -0.2) is 9.69 Å². The van der Waals surface area contributed by atoms with Crippen molar-refractivity contribution in [1.29, 1.82) is 5.41 Å². The number of likely N-dealkylation sites (tertiary alicyclic amines) is 1. The molecule has 2 aromatic rings. The first kappa shape index (κ1) is 25.0. The SMILES string of the molecule is C#Cc1ccc(N2C(=O)N(CCC(C)=N)C3(CCN(Cc4ccc(N5CCCC5)cc4)CC3)C2=O)cc1. The van der Waals surface area contributed by atoms with Crippen LogP contribution in [0.25, 0.3) is 0 Å². The largest absolute Gasteiger partial charge is 0.372 e. The van der Waals surface area contributed by atoms with Crippen LogP contribution >= 0.6 is 0 Å². The van der Waals surface area contributed by atoms with Gasteiger partial charge in [-0.15, -0.1) is 6.42 Å². The lowest BCUT2D eigenvalue weighted by atomic mass is 9.85. The smallest absolute Gasteiger partial charge is 0.332 e. The van der Waals surface area contributed by atoms with Crippen molar-refractivity contribution in [2.24, 2.45) is 0 Å². The molecule has 1 spiro atoms. The number of piperidine rings is 1. The quantitative estimate of drug-likeness (QED) is 0.347. The van der Waals surface area contributed by atoms with E-state index >= 15 is 0 Å². The maximum absolute atomic E-state index is 13.9. The van der Waals surface area contributed by atoms with E-state index in [1.807, 2.05) is 0 Å². The highest BCUT2D eigenvalue weighted by molar-refractivity contribution is 6.23. The average Bonchev–Trinajstić information content (AvgIpc) is 3.51. The number of rotatable bonds is 7. The van der Waals surface area contributed by atoms with E-state index in [1.54, 1.807) is 36.1 Å². The zero-order chi connectivity index (χ0) is 26.0. The van der Waals surface area contributed by atoms with Crippen molar-refractivity contribution >= 4 is 29.0 Å². The molecule has 3 saturated heterocycles. The fraction of sp³-hybridized carbons (Fsp3) is 0.433. The molecule has 0 radical (unpaired) electrons. The summed E-state index contributed by atoms with van der Waals surface area (Å²) in [5.74, 6) is 2.41. The number of imide groups is 1. The molecule has 5 rings (SSSR count). The summed E-state index contributed by atoms with van der Waals surface area (Å²) in [7, 11) is 0. The number of nitrogens with zero attached hydrogens (tertiary/aromatic N) is 4. The summed E-state index contributed by atoms with van der Waals surface area (Å²) in [6.45, 7) is 6.68. The zero-order valence-electron chi connectivity index (χ0n) is 21.6. The molecule has 3 fully saturated rings. The number of nitrogens with one attached hydrogen (secondary N) is 1. The molecule has 7 nitrogen and oxygen atoms in total. The Morgan fingerprint density at radius 1 is 0.946 bits per heavy atom. The van der Waals surface area contributed by atoms with Crippen LogP contribution in [0.15, 0.2) is 48.5 Å². The molecule has 0 aromatic heterocycles. The van der Waals surface area contributed by atoms with Gasteiger partial charge in [-0.3, -0.25) is 9.69 Å². The number of amides is 3. The van der Waals surface area contributed by atoms with Crippen LogP contribution in [0.2, 0.25) is 0 Å². The number of anilines is 2. The normalized spacial score (nSPS) is 19.6. The van der Waals surface area contributed by atoms with Gasteiger partial charge in [0.2, 0.25) is 0 Å². The summed E-state index contributed by atoms with van der Waals surface area (Å²) < 4.78 is 0. The number of urea groups is 1. The second-order valence-corrected chi connectivity index (χ2v) is 10.5. The molecule has 0 aliphatic carbocycles. The lowest BCUT2D eigenvalue weighted by Gasteiger charge is -2.42. The van der Waals surface area contributed by atoms with Crippen LogP contribution < -0.4 is 9.80 Å². The van der Waals surface area contributed by atoms with Gasteiger partial charge in [-0.1, -0.05) is 18.1 Å². The minimum absolute atomic E-state index is 0.164. The summed E-state index contributed by atoms with van der Waals surface area (Å²) in [4.78, 5) is 35.3. The topological polar surface area (TPSA) is 71.0 Å². The number of terminal acetylenes is 1. The van der Waals surface area contributed by atoms with Gasteiger partial charge in [-0.2, -0.15) is 0 Å². The second kappa shape index (κ2) is 10.4. The molecule has 7 heteroatoms. The molecule has 3 aliphatic heterocycles. The first-order valence-corrected chi connectivity index (χ1v) is 13.2. The maximum atomic E-state index is 13.9. The minimum atomic E-state index is -0.868. The van der Waals surface area contributed by atoms with Crippen LogP contribution in [0.1, 0.15) is 50.2 Å². The standard InChI is InChI=1S/C30H35N5O2/c1-3-24-6-12-27(13-7-24)35-28(36)30(34(29(35)37)19-14-23(2)31)15-20-32(21-16-30)22-25-8-10-26(11-9-25)33-17-4-5-18-33/h1,6-13,31H,4-5,14-22H2,2H3. The summed E-state index contributed by atoms with van der Waals surface area (Å²) >= 11 is 0. The van der Waals surface area contributed by atoms with Gasteiger partial charge in [0.15, 0.2) is 0 Å². The molecular weight excluding hydrogens is 462 g/mol. The fourth-order valence-electron chi connectivity index (χ4n) is 5.85. The van der Waals surface area contributed by atoms with Gasteiger partial charge >= 0.3 is 6.03 Å². The molecule has 192 valence electrons. The second-order valence-electron chi connectivity index (χ2n) is 10.5. The van der Waals surface area contributed by atoms with E-state index in [-0.39, 0.29) is 11.9 Å². The van der Waals surface area contributed by atoms with E-state index in [0.29, 0.717) is 42.8 Å². The Labute approximate surface area is 219 Å². The Hall–Kier alpha value is -3.63. The van der Waals surface area contributed by atoms with Crippen LogP contribution in [0.3, 0.4) is 0 Å². The molecule has 2 aromatic carbocycles. The Morgan fingerprint density at radius 2 is 1.57 bits per heavy atom. The van der Waals surface area contributed by atoms with Crippen molar-refractivity contribution < 1.29 is 9.59 Å². The first-order valence-electron chi connectivity index (χ1n) is 13.2. The molecule has 3 amide bonds. The number of hydrogen-bond acceptors (Lipinski definition) is 5. The predicted octanol–water partition coefficient (Wildman–Crippen LogP) is 4.50. The van der Waals surface area contributed by atoms with E-state index < -0.39 is 5.54 Å². The molecule has 0 bridgehead atoms. The number of hydrogen-bond donors (Lipinski definition) is 1. The fourth-order valence-corrected chi connectivity index (χ4v) is 5.85. The van der Waals surface area contributed by atoms with Crippen LogP contribution in [0.5, 0.6) is 0 Å². The Bertz CT molecular complexity index is 1200. The molecule has 3 aliphatic rings. The summed E-state index contributed by atoms with van der Waals surface area (Å²) in [5.41, 5.74) is 3.44. The van der Waals surface area contributed by atoms with Crippen molar-refractivity contribution in [1.82, 2.24) is 9.80 Å². The lowest BCUT2D eigenvalue weighted by Crippen LogP contribution is -2.56. The predicted molar refractivity (Wildman–Crippen MR) is 147 cm³/mol. The number of carbonyl (C=O) groups is 2. The third-order valence-electron chi connectivity index (χ3n) is 8.04. The Morgan fingerprint density at radius 3 is 2.16 bits per heavy atom. The van der Waals surface area contributed by atoms with E-state index in [0.717, 1.165) is 32.7 Å². The number of carbonyl (C=O) groups excluding carboxylic acids is 2. The van der Waals surface area contributed by atoms with Crippen molar-refractivity contribution in [3.8, 4) is 12.3 Å². The highest BCUT2D eigenvalue weighted by Gasteiger charge is 2.58. The van der Waals surface area contributed by atoms with E-state index in [2.05, 4.69) is 40.0 Å². The third kappa shape index (κ3) is 4.86. The van der Waals surface area contributed by atoms with Gasteiger partial charge in [0.05, 0.1) is 5.69 Å². The minimum Gasteiger partial charge on any atom is -0.372 e. The van der Waals surface area contributed by atoms with E-state index in [9.17, 15) is 9.59 Å².